The van der Waals surface area contributed by atoms with Gasteiger partial charge in [0.05, 0.1) is 5.01 Å². The highest BCUT2D eigenvalue weighted by Gasteiger charge is 2.17. The molecule has 1 aliphatic rings. The summed E-state index contributed by atoms with van der Waals surface area (Å²) in [7, 11) is 0. The van der Waals surface area contributed by atoms with E-state index in [-0.39, 0.29) is 11.6 Å². The molecule has 1 aromatic rings. The van der Waals surface area contributed by atoms with Gasteiger partial charge in [0.2, 0.25) is 5.91 Å². The summed E-state index contributed by atoms with van der Waals surface area (Å²) in [6.45, 7) is 2.49. The number of amides is 1. The minimum absolute atomic E-state index is 0.00464. The van der Waals surface area contributed by atoms with Gasteiger partial charge in [0.15, 0.2) is 5.69 Å². The first-order chi connectivity index (χ1) is 9.08. The van der Waals surface area contributed by atoms with Gasteiger partial charge in [-0.25, -0.2) is 9.78 Å². The quantitative estimate of drug-likeness (QED) is 0.864. The summed E-state index contributed by atoms with van der Waals surface area (Å²) < 4.78 is 0. The van der Waals surface area contributed by atoms with E-state index in [1.54, 1.807) is 0 Å². The monoisotopic (exact) mass is 280 g/mol. The van der Waals surface area contributed by atoms with Crippen molar-refractivity contribution in [3.63, 3.8) is 0 Å². The lowest BCUT2D eigenvalue weighted by Gasteiger charge is -2.05. The fraction of sp³-hybridized carbons (Fsp3) is 0.462. The Morgan fingerprint density at radius 3 is 2.84 bits per heavy atom. The largest absolute Gasteiger partial charge is 0.476 e. The minimum atomic E-state index is -1.02. The molecule has 0 aromatic carbocycles. The minimum Gasteiger partial charge on any atom is -0.476 e. The number of rotatable bonds is 5. The van der Waals surface area contributed by atoms with Crippen molar-refractivity contribution in [3.05, 3.63) is 27.2 Å². The van der Waals surface area contributed by atoms with Gasteiger partial charge < -0.3 is 10.4 Å². The van der Waals surface area contributed by atoms with E-state index in [1.807, 2.05) is 6.92 Å². The highest BCUT2D eigenvalue weighted by atomic mass is 32.1. The van der Waals surface area contributed by atoms with E-state index >= 15 is 0 Å². The zero-order valence-electron chi connectivity index (χ0n) is 10.7. The summed E-state index contributed by atoms with van der Waals surface area (Å²) in [4.78, 5) is 26.5. The molecular weight excluding hydrogens is 264 g/mol. The lowest BCUT2D eigenvalue weighted by Crippen LogP contribution is -2.27. The van der Waals surface area contributed by atoms with Crippen molar-refractivity contribution < 1.29 is 14.7 Å². The number of carbonyl (C=O) groups is 2. The van der Waals surface area contributed by atoms with E-state index in [2.05, 4.69) is 10.3 Å². The van der Waals surface area contributed by atoms with Gasteiger partial charge in [0.1, 0.15) is 0 Å². The van der Waals surface area contributed by atoms with Crippen molar-refractivity contribution in [2.24, 2.45) is 0 Å². The van der Waals surface area contributed by atoms with E-state index in [1.165, 1.54) is 22.3 Å². The topological polar surface area (TPSA) is 79.3 Å². The molecule has 102 valence electrons. The highest BCUT2D eigenvalue weighted by molar-refractivity contribution is 7.09. The van der Waals surface area contributed by atoms with Crippen LogP contribution in [0.2, 0.25) is 0 Å². The van der Waals surface area contributed by atoms with Gasteiger partial charge in [0, 0.05) is 23.9 Å². The molecule has 1 aliphatic carbocycles. The summed E-state index contributed by atoms with van der Waals surface area (Å²) in [5.74, 6) is -1.01. The molecule has 0 radical (unpaired) electrons. The van der Waals surface area contributed by atoms with Crippen LogP contribution in [0.15, 0.2) is 16.5 Å². The number of nitrogens with zero attached hydrogens (tertiary/aromatic N) is 1. The zero-order chi connectivity index (χ0) is 13.8. The third kappa shape index (κ3) is 3.41. The molecule has 0 unspecified atom stereocenters. The first kappa shape index (κ1) is 13.7. The fourth-order valence-electron chi connectivity index (χ4n) is 2.12. The summed E-state index contributed by atoms with van der Waals surface area (Å²) in [6.07, 6.45) is 3.49. The van der Waals surface area contributed by atoms with Gasteiger partial charge in [-0.15, -0.1) is 11.3 Å². The highest BCUT2D eigenvalue weighted by Crippen LogP contribution is 2.25. The van der Waals surface area contributed by atoms with Crippen molar-refractivity contribution >= 4 is 23.2 Å². The third-order valence-electron chi connectivity index (χ3n) is 3.16. The lowest BCUT2D eigenvalue weighted by atomic mass is 10.1. The smallest absolute Gasteiger partial charge is 0.355 e. The first-order valence-electron chi connectivity index (χ1n) is 6.22. The maximum Gasteiger partial charge on any atom is 0.355 e. The molecule has 0 fully saturated rings. The van der Waals surface area contributed by atoms with Gasteiger partial charge in [-0.05, 0) is 26.2 Å². The molecule has 0 atom stereocenters. The Bertz CT molecular complexity index is 534. The van der Waals surface area contributed by atoms with Crippen molar-refractivity contribution in [2.45, 2.75) is 32.6 Å². The van der Waals surface area contributed by atoms with E-state index in [4.69, 9.17) is 5.11 Å². The molecule has 0 saturated heterocycles. The van der Waals surface area contributed by atoms with Crippen LogP contribution in [0.4, 0.5) is 0 Å². The molecule has 1 aromatic heterocycles. The molecule has 0 aliphatic heterocycles. The van der Waals surface area contributed by atoms with Crippen LogP contribution in [0.25, 0.3) is 0 Å². The van der Waals surface area contributed by atoms with Crippen molar-refractivity contribution in [2.75, 3.05) is 6.54 Å². The molecule has 1 amide bonds. The normalized spacial score (nSPS) is 14.8. The Hall–Kier alpha value is -1.69. The first-order valence-corrected chi connectivity index (χ1v) is 7.10. The number of allylic oxidation sites excluding steroid dienone is 1. The number of carboxylic acid groups (broad SMARTS) is 1. The number of aromatic nitrogens is 1. The van der Waals surface area contributed by atoms with Crippen LogP contribution in [0.3, 0.4) is 0 Å². The standard InChI is InChI=1S/C13H16N2O3S/c1-8-3-2-4-9(8)12(16)14-6-5-11-15-10(7-19-11)13(17)18/h7H,2-6H2,1H3,(H,14,16)(H,17,18). The van der Waals surface area contributed by atoms with E-state index < -0.39 is 5.97 Å². The fourth-order valence-corrected chi connectivity index (χ4v) is 2.89. The number of aromatic carboxylic acids is 1. The molecule has 0 bridgehead atoms. The molecule has 19 heavy (non-hydrogen) atoms. The van der Waals surface area contributed by atoms with Gasteiger partial charge in [-0.3, -0.25) is 4.79 Å². The van der Waals surface area contributed by atoms with Crippen molar-refractivity contribution in [3.8, 4) is 0 Å². The van der Waals surface area contributed by atoms with E-state index in [9.17, 15) is 9.59 Å². The second kappa shape index (κ2) is 5.97. The van der Waals surface area contributed by atoms with Crippen LogP contribution >= 0.6 is 11.3 Å². The SMILES string of the molecule is CC1=C(C(=O)NCCc2nc(C(=O)O)cs2)CCC1. The molecule has 2 N–H and O–H groups in total. The zero-order valence-corrected chi connectivity index (χ0v) is 11.5. The summed E-state index contributed by atoms with van der Waals surface area (Å²) in [5.41, 5.74) is 2.16. The lowest BCUT2D eigenvalue weighted by molar-refractivity contribution is -0.117. The summed E-state index contributed by atoms with van der Waals surface area (Å²) in [6, 6.07) is 0. The average Bonchev–Trinajstić information content (AvgIpc) is 2.97. The third-order valence-corrected chi connectivity index (χ3v) is 4.07. The van der Waals surface area contributed by atoms with Gasteiger partial charge in [0.25, 0.3) is 0 Å². The van der Waals surface area contributed by atoms with Crippen LogP contribution < -0.4 is 5.32 Å². The van der Waals surface area contributed by atoms with Gasteiger partial charge in [-0.1, -0.05) is 5.57 Å². The van der Waals surface area contributed by atoms with Crippen LogP contribution in [-0.4, -0.2) is 28.5 Å². The molecule has 1 heterocycles. The summed E-state index contributed by atoms with van der Waals surface area (Å²) >= 11 is 1.31. The Morgan fingerprint density at radius 1 is 1.47 bits per heavy atom. The average molecular weight is 280 g/mol. The molecule has 2 rings (SSSR count). The number of carbonyl (C=O) groups excluding carboxylic acids is 1. The Balaban J connectivity index is 1.81. The number of thiazole rings is 1. The van der Waals surface area contributed by atoms with Crippen LogP contribution in [0, 0.1) is 0 Å². The van der Waals surface area contributed by atoms with Crippen LogP contribution in [-0.2, 0) is 11.2 Å². The van der Waals surface area contributed by atoms with Crippen LogP contribution in [0.5, 0.6) is 0 Å². The second-order valence-electron chi connectivity index (χ2n) is 4.55. The molecule has 0 saturated carbocycles. The maximum atomic E-state index is 11.9. The van der Waals surface area contributed by atoms with Gasteiger partial charge in [-0.2, -0.15) is 0 Å². The predicted molar refractivity (Wildman–Crippen MR) is 72.3 cm³/mol. The Kier molecular flexibility index (Phi) is 4.31. The van der Waals surface area contributed by atoms with E-state index in [0.29, 0.717) is 13.0 Å². The number of hydrogen-bond acceptors (Lipinski definition) is 4. The molecule has 5 nitrogen and oxygen atoms in total. The van der Waals surface area contributed by atoms with Crippen molar-refractivity contribution in [1.82, 2.24) is 10.3 Å². The number of hydrogen-bond donors (Lipinski definition) is 2. The van der Waals surface area contributed by atoms with E-state index in [0.717, 1.165) is 29.8 Å². The molecule has 0 spiro atoms. The van der Waals surface area contributed by atoms with Crippen molar-refractivity contribution in [1.29, 1.82) is 0 Å². The number of nitrogens with one attached hydrogen (secondary N) is 1. The van der Waals surface area contributed by atoms with Gasteiger partial charge >= 0.3 is 5.97 Å². The second-order valence-corrected chi connectivity index (χ2v) is 5.49. The Morgan fingerprint density at radius 2 is 2.26 bits per heavy atom. The summed E-state index contributed by atoms with van der Waals surface area (Å²) in [5, 5.41) is 13.9. The Labute approximate surface area is 115 Å². The molecular formula is C13H16N2O3S. The molecule has 6 heteroatoms. The predicted octanol–water partition coefficient (Wildman–Crippen LogP) is 2.00. The maximum absolute atomic E-state index is 11.9. The van der Waals surface area contributed by atoms with Crippen LogP contribution in [0.1, 0.15) is 41.7 Å². The number of carboxylic acids is 1.